The van der Waals surface area contributed by atoms with Crippen LogP contribution in [0.4, 0.5) is 0 Å². The van der Waals surface area contributed by atoms with Crippen molar-refractivity contribution in [3.63, 3.8) is 0 Å². The third-order valence-corrected chi connectivity index (χ3v) is 4.67. The van der Waals surface area contributed by atoms with Crippen molar-refractivity contribution in [2.24, 2.45) is 0 Å². The van der Waals surface area contributed by atoms with Gasteiger partial charge in [0.15, 0.2) is 0 Å². The van der Waals surface area contributed by atoms with Crippen LogP contribution in [-0.4, -0.2) is 31.6 Å². The summed E-state index contributed by atoms with van der Waals surface area (Å²) in [5.74, 6) is 1.02. The monoisotopic (exact) mass is 274 g/mol. The molecule has 0 saturated heterocycles. The van der Waals surface area contributed by atoms with E-state index in [1.54, 1.807) is 0 Å². The molecular weight excluding hydrogens is 248 g/mol. The Bertz CT molecular complexity index is 522. The molecule has 0 aliphatic heterocycles. The second-order valence-electron chi connectivity index (χ2n) is 5.61. The van der Waals surface area contributed by atoms with Crippen molar-refractivity contribution >= 4 is 11.0 Å². The molecule has 0 saturated carbocycles. The highest BCUT2D eigenvalue weighted by Crippen LogP contribution is 2.37. The molecule has 110 valence electrons. The molecule has 1 heterocycles. The molecule has 0 spiro atoms. The summed E-state index contributed by atoms with van der Waals surface area (Å²) in [5.41, 5.74) is 1.02. The molecule has 2 rings (SSSR count). The van der Waals surface area contributed by atoms with Crippen LogP contribution in [0, 0.1) is 0 Å². The van der Waals surface area contributed by atoms with E-state index < -0.39 is 0 Å². The maximum atomic E-state index is 6.09. The fraction of sp³-hybridized carbons (Fsp3) is 0.529. The maximum absolute atomic E-state index is 6.09. The lowest BCUT2D eigenvalue weighted by Gasteiger charge is -2.44. The van der Waals surface area contributed by atoms with Gasteiger partial charge in [-0.1, -0.05) is 32.0 Å². The normalized spacial score (nSPS) is 14.1. The number of hydrogen-bond acceptors (Lipinski definition) is 3. The summed E-state index contributed by atoms with van der Waals surface area (Å²) >= 11 is 0. The van der Waals surface area contributed by atoms with E-state index in [2.05, 4.69) is 56.4 Å². The highest BCUT2D eigenvalue weighted by atomic mass is 16.3. The quantitative estimate of drug-likeness (QED) is 0.868. The zero-order valence-electron chi connectivity index (χ0n) is 13.2. The van der Waals surface area contributed by atoms with E-state index in [0.29, 0.717) is 0 Å². The number of nitrogens with zero attached hydrogens (tertiary/aromatic N) is 1. The molecule has 3 nitrogen and oxygen atoms in total. The molecule has 0 radical (unpaired) electrons. The second-order valence-corrected chi connectivity index (χ2v) is 5.61. The SMILES string of the molecule is CCC(CC)(C(NC)c1cc2ccccc2o1)N(C)C. The van der Waals surface area contributed by atoms with E-state index in [4.69, 9.17) is 4.42 Å². The zero-order chi connectivity index (χ0) is 14.8. The van der Waals surface area contributed by atoms with Crippen molar-refractivity contribution in [2.75, 3.05) is 21.1 Å². The van der Waals surface area contributed by atoms with Crippen molar-refractivity contribution in [1.29, 1.82) is 0 Å². The Balaban J connectivity index is 2.49. The fourth-order valence-corrected chi connectivity index (χ4v) is 3.37. The Labute approximate surface area is 122 Å². The molecule has 0 bridgehead atoms. The number of furan rings is 1. The molecule has 20 heavy (non-hydrogen) atoms. The van der Waals surface area contributed by atoms with Gasteiger partial charge in [-0.3, -0.25) is 0 Å². The standard InChI is InChI=1S/C17H26N2O/c1-6-17(7-2,19(4)5)16(18-3)15-12-13-10-8-9-11-14(13)20-15/h8-12,16,18H,6-7H2,1-5H3. The van der Waals surface area contributed by atoms with Crippen molar-refractivity contribution < 1.29 is 4.42 Å². The van der Waals surface area contributed by atoms with Crippen LogP contribution in [0.3, 0.4) is 0 Å². The van der Waals surface area contributed by atoms with Crippen LogP contribution in [-0.2, 0) is 0 Å². The molecule has 1 aromatic carbocycles. The van der Waals surface area contributed by atoms with Crippen LogP contribution in [0.15, 0.2) is 34.7 Å². The number of fused-ring (bicyclic) bond motifs is 1. The predicted octanol–water partition coefficient (Wildman–Crippen LogP) is 3.81. The molecule has 0 aliphatic rings. The first-order valence-electron chi connectivity index (χ1n) is 7.42. The molecule has 0 amide bonds. The molecule has 1 unspecified atom stereocenters. The number of rotatable bonds is 6. The highest BCUT2D eigenvalue weighted by Gasteiger charge is 2.39. The first-order chi connectivity index (χ1) is 9.58. The largest absolute Gasteiger partial charge is 0.459 e. The lowest BCUT2D eigenvalue weighted by atomic mass is 9.82. The molecular formula is C17H26N2O. The van der Waals surface area contributed by atoms with Gasteiger partial charge in [0.05, 0.1) is 6.04 Å². The van der Waals surface area contributed by atoms with Crippen molar-refractivity contribution in [3.8, 4) is 0 Å². The summed E-state index contributed by atoms with van der Waals surface area (Å²) < 4.78 is 6.09. The number of para-hydroxylation sites is 1. The smallest absolute Gasteiger partial charge is 0.134 e. The Morgan fingerprint density at radius 1 is 1.20 bits per heavy atom. The topological polar surface area (TPSA) is 28.4 Å². The van der Waals surface area contributed by atoms with Crippen LogP contribution < -0.4 is 5.32 Å². The van der Waals surface area contributed by atoms with Crippen LogP contribution in [0.25, 0.3) is 11.0 Å². The third kappa shape index (κ3) is 2.36. The summed E-state index contributed by atoms with van der Waals surface area (Å²) in [7, 11) is 6.32. The van der Waals surface area contributed by atoms with E-state index in [1.807, 2.05) is 19.2 Å². The van der Waals surface area contributed by atoms with E-state index in [-0.39, 0.29) is 11.6 Å². The fourth-order valence-electron chi connectivity index (χ4n) is 3.37. The Morgan fingerprint density at radius 2 is 1.85 bits per heavy atom. The lowest BCUT2D eigenvalue weighted by molar-refractivity contribution is 0.0824. The van der Waals surface area contributed by atoms with Gasteiger partial charge in [-0.25, -0.2) is 0 Å². The third-order valence-electron chi connectivity index (χ3n) is 4.67. The average Bonchev–Trinajstić information content (AvgIpc) is 2.87. The number of hydrogen-bond donors (Lipinski definition) is 1. The number of likely N-dealkylation sites (N-methyl/N-ethyl adjacent to an activating group) is 2. The summed E-state index contributed by atoms with van der Waals surface area (Å²) in [6.45, 7) is 4.49. The first kappa shape index (κ1) is 15.1. The van der Waals surface area contributed by atoms with Crippen LogP contribution in [0.1, 0.15) is 38.5 Å². The van der Waals surface area contributed by atoms with Crippen molar-refractivity contribution in [2.45, 2.75) is 38.3 Å². The maximum Gasteiger partial charge on any atom is 0.134 e. The molecule has 1 aromatic heterocycles. The lowest BCUT2D eigenvalue weighted by Crippen LogP contribution is -2.52. The van der Waals surface area contributed by atoms with Gasteiger partial charge in [-0.2, -0.15) is 0 Å². The first-order valence-corrected chi connectivity index (χ1v) is 7.42. The minimum Gasteiger partial charge on any atom is -0.459 e. The Morgan fingerprint density at radius 3 is 2.35 bits per heavy atom. The number of nitrogens with one attached hydrogen (secondary N) is 1. The molecule has 3 heteroatoms. The van der Waals surface area contributed by atoms with Gasteiger partial charge in [0.2, 0.25) is 0 Å². The summed E-state index contributed by atoms with van der Waals surface area (Å²) in [4.78, 5) is 2.32. The zero-order valence-corrected chi connectivity index (χ0v) is 13.2. The van der Waals surface area contributed by atoms with Gasteiger partial charge in [0.1, 0.15) is 11.3 Å². The molecule has 0 fully saturated rings. The van der Waals surface area contributed by atoms with Crippen LogP contribution >= 0.6 is 0 Å². The molecule has 2 aromatic rings. The van der Waals surface area contributed by atoms with Gasteiger partial charge in [0.25, 0.3) is 0 Å². The summed E-state index contributed by atoms with van der Waals surface area (Å²) in [6, 6.07) is 10.5. The summed E-state index contributed by atoms with van der Waals surface area (Å²) in [5, 5.41) is 4.64. The number of benzene rings is 1. The van der Waals surface area contributed by atoms with Crippen LogP contribution in [0.5, 0.6) is 0 Å². The van der Waals surface area contributed by atoms with Gasteiger partial charge in [-0.15, -0.1) is 0 Å². The van der Waals surface area contributed by atoms with Gasteiger partial charge in [-0.05, 0) is 46.1 Å². The predicted molar refractivity (Wildman–Crippen MR) is 85.0 cm³/mol. The van der Waals surface area contributed by atoms with Crippen molar-refractivity contribution in [3.05, 3.63) is 36.1 Å². The van der Waals surface area contributed by atoms with Gasteiger partial charge in [0, 0.05) is 10.9 Å². The van der Waals surface area contributed by atoms with Crippen LogP contribution in [0.2, 0.25) is 0 Å². The summed E-state index contributed by atoms with van der Waals surface area (Å²) in [6.07, 6.45) is 2.14. The Kier molecular flexibility index (Phi) is 4.51. The van der Waals surface area contributed by atoms with Gasteiger partial charge < -0.3 is 14.6 Å². The Hall–Kier alpha value is -1.32. The van der Waals surface area contributed by atoms with E-state index in [0.717, 1.165) is 24.2 Å². The highest BCUT2D eigenvalue weighted by molar-refractivity contribution is 5.77. The van der Waals surface area contributed by atoms with Crippen molar-refractivity contribution in [1.82, 2.24) is 10.2 Å². The van der Waals surface area contributed by atoms with Gasteiger partial charge >= 0.3 is 0 Å². The molecule has 1 N–H and O–H groups in total. The second kappa shape index (κ2) is 5.98. The molecule has 0 aliphatic carbocycles. The van der Waals surface area contributed by atoms with E-state index in [1.165, 1.54) is 5.39 Å². The minimum atomic E-state index is 0.0582. The van der Waals surface area contributed by atoms with E-state index >= 15 is 0 Å². The molecule has 1 atom stereocenters. The average molecular weight is 274 g/mol. The minimum absolute atomic E-state index is 0.0582. The van der Waals surface area contributed by atoms with E-state index in [9.17, 15) is 0 Å².